The van der Waals surface area contributed by atoms with Crippen LogP contribution in [0.5, 0.6) is 0 Å². The van der Waals surface area contributed by atoms with Crippen molar-refractivity contribution in [2.45, 2.75) is 25.8 Å². The van der Waals surface area contributed by atoms with Gasteiger partial charge in [-0.15, -0.1) is 0 Å². The van der Waals surface area contributed by atoms with Crippen molar-refractivity contribution in [2.75, 3.05) is 27.2 Å². The van der Waals surface area contributed by atoms with E-state index in [9.17, 15) is 17.6 Å². The Labute approximate surface area is 142 Å². The molecule has 0 aromatic heterocycles. The molecule has 0 bridgehead atoms. The first-order chi connectivity index (χ1) is 11.2. The molecule has 134 valence electrons. The van der Waals surface area contributed by atoms with Crippen LogP contribution in [0.4, 0.5) is 4.39 Å². The van der Waals surface area contributed by atoms with Crippen LogP contribution in [-0.4, -0.2) is 50.1 Å². The third-order valence-electron chi connectivity index (χ3n) is 4.27. The topological polar surface area (TPSA) is 69.7 Å². The van der Waals surface area contributed by atoms with Crippen LogP contribution in [0.15, 0.2) is 24.3 Å². The van der Waals surface area contributed by atoms with Gasteiger partial charge in [-0.2, -0.15) is 17.0 Å². The van der Waals surface area contributed by atoms with Crippen molar-refractivity contribution in [1.29, 1.82) is 0 Å². The number of rotatable bonds is 5. The zero-order chi connectivity index (χ0) is 17.9. The smallest absolute Gasteiger partial charge is 0.281 e. The van der Waals surface area contributed by atoms with Crippen molar-refractivity contribution in [2.24, 2.45) is 5.92 Å². The van der Waals surface area contributed by atoms with Crippen molar-refractivity contribution < 1.29 is 17.6 Å². The highest BCUT2D eigenvalue weighted by molar-refractivity contribution is 7.86. The molecule has 1 aliphatic rings. The third kappa shape index (κ3) is 4.31. The minimum Gasteiger partial charge on any atom is -0.349 e. The summed E-state index contributed by atoms with van der Waals surface area (Å²) in [6.45, 7) is 2.43. The Hall–Kier alpha value is -1.51. The number of benzene rings is 1. The monoisotopic (exact) mass is 357 g/mol. The van der Waals surface area contributed by atoms with Crippen LogP contribution in [0, 0.1) is 11.7 Å². The fraction of sp³-hybridized carbons (Fsp3) is 0.562. The molecule has 0 spiro atoms. The molecular weight excluding hydrogens is 333 g/mol. The lowest BCUT2D eigenvalue weighted by molar-refractivity contribution is -0.126. The van der Waals surface area contributed by atoms with Crippen LogP contribution in [0.25, 0.3) is 0 Å². The molecule has 1 aromatic carbocycles. The molecule has 2 rings (SSSR count). The molecule has 0 unspecified atom stereocenters. The zero-order valence-corrected chi connectivity index (χ0v) is 15.0. The molecular formula is C16H24FN3O3S. The molecule has 0 radical (unpaired) electrons. The number of carbonyl (C=O) groups is 1. The maximum atomic E-state index is 13.0. The maximum absolute atomic E-state index is 13.0. The fourth-order valence-corrected chi connectivity index (χ4v) is 3.95. The van der Waals surface area contributed by atoms with E-state index in [4.69, 9.17) is 0 Å². The number of carbonyl (C=O) groups excluding carboxylic acids is 1. The number of hydrogen-bond donors (Lipinski definition) is 1. The number of hydrogen-bond acceptors (Lipinski definition) is 3. The average Bonchev–Trinajstić information content (AvgIpc) is 2.55. The molecule has 1 aliphatic heterocycles. The van der Waals surface area contributed by atoms with E-state index in [0.29, 0.717) is 19.4 Å². The predicted molar refractivity (Wildman–Crippen MR) is 89.9 cm³/mol. The van der Waals surface area contributed by atoms with Gasteiger partial charge in [0.2, 0.25) is 5.91 Å². The quantitative estimate of drug-likeness (QED) is 0.869. The minimum atomic E-state index is -3.51. The van der Waals surface area contributed by atoms with Gasteiger partial charge in [0.25, 0.3) is 10.2 Å². The van der Waals surface area contributed by atoms with E-state index in [2.05, 4.69) is 5.32 Å². The van der Waals surface area contributed by atoms with Crippen LogP contribution < -0.4 is 5.32 Å². The molecule has 1 heterocycles. The normalized spacial score (nSPS) is 20.8. The van der Waals surface area contributed by atoms with Gasteiger partial charge in [0, 0.05) is 27.2 Å². The predicted octanol–water partition coefficient (Wildman–Crippen LogP) is 1.52. The second kappa shape index (κ2) is 7.58. The average molecular weight is 357 g/mol. The molecule has 24 heavy (non-hydrogen) atoms. The van der Waals surface area contributed by atoms with Gasteiger partial charge in [0.05, 0.1) is 12.0 Å². The van der Waals surface area contributed by atoms with Gasteiger partial charge in [-0.3, -0.25) is 4.79 Å². The lowest BCUT2D eigenvalue weighted by atomic mass is 9.98. The minimum absolute atomic E-state index is 0.175. The van der Waals surface area contributed by atoms with E-state index in [1.807, 2.05) is 6.92 Å². The zero-order valence-electron chi connectivity index (χ0n) is 14.2. The summed E-state index contributed by atoms with van der Waals surface area (Å²) < 4.78 is 39.9. The maximum Gasteiger partial charge on any atom is 0.281 e. The van der Waals surface area contributed by atoms with Gasteiger partial charge in [-0.1, -0.05) is 12.1 Å². The van der Waals surface area contributed by atoms with Gasteiger partial charge in [-0.25, -0.2) is 4.39 Å². The lowest BCUT2D eigenvalue weighted by Crippen LogP contribution is -2.49. The highest BCUT2D eigenvalue weighted by atomic mass is 32.2. The number of piperidine rings is 1. The highest BCUT2D eigenvalue weighted by Gasteiger charge is 2.33. The molecule has 2 atom stereocenters. The first kappa shape index (κ1) is 18.8. The second-order valence-electron chi connectivity index (χ2n) is 6.27. The molecule has 1 N–H and O–H groups in total. The summed E-state index contributed by atoms with van der Waals surface area (Å²) in [5.41, 5.74) is 0.804. The van der Waals surface area contributed by atoms with Crippen molar-refractivity contribution >= 4 is 16.1 Å². The summed E-state index contributed by atoms with van der Waals surface area (Å²) in [5.74, 6) is -0.879. The molecule has 1 amide bonds. The van der Waals surface area contributed by atoms with E-state index in [1.54, 1.807) is 12.1 Å². The number of amides is 1. The van der Waals surface area contributed by atoms with Crippen molar-refractivity contribution in [3.8, 4) is 0 Å². The van der Waals surface area contributed by atoms with E-state index >= 15 is 0 Å². The Bertz CT molecular complexity index is 676. The van der Waals surface area contributed by atoms with Gasteiger partial charge in [-0.05, 0) is 37.5 Å². The van der Waals surface area contributed by atoms with E-state index in [0.717, 1.165) is 9.87 Å². The Morgan fingerprint density at radius 3 is 2.54 bits per heavy atom. The summed E-state index contributed by atoms with van der Waals surface area (Å²) in [4.78, 5) is 12.5. The third-order valence-corrected chi connectivity index (χ3v) is 6.18. The van der Waals surface area contributed by atoms with Crippen LogP contribution in [-0.2, 0) is 15.0 Å². The van der Waals surface area contributed by atoms with Crippen LogP contribution >= 0.6 is 0 Å². The Kier molecular flexibility index (Phi) is 5.95. The summed E-state index contributed by atoms with van der Waals surface area (Å²) >= 11 is 0. The van der Waals surface area contributed by atoms with E-state index in [1.165, 1.54) is 30.5 Å². The van der Waals surface area contributed by atoms with Gasteiger partial charge < -0.3 is 5.32 Å². The number of nitrogens with one attached hydrogen (secondary N) is 1. The molecule has 1 saturated heterocycles. The summed E-state index contributed by atoms with van der Waals surface area (Å²) in [6.07, 6.45) is 1.30. The first-order valence-electron chi connectivity index (χ1n) is 7.95. The van der Waals surface area contributed by atoms with Gasteiger partial charge in [0.1, 0.15) is 5.82 Å². The van der Waals surface area contributed by atoms with Gasteiger partial charge >= 0.3 is 0 Å². The molecule has 1 aromatic rings. The van der Waals surface area contributed by atoms with Crippen LogP contribution in [0.3, 0.4) is 0 Å². The Morgan fingerprint density at radius 1 is 1.33 bits per heavy atom. The van der Waals surface area contributed by atoms with Crippen molar-refractivity contribution in [3.63, 3.8) is 0 Å². The van der Waals surface area contributed by atoms with Crippen LogP contribution in [0.2, 0.25) is 0 Å². The van der Waals surface area contributed by atoms with Crippen molar-refractivity contribution in [1.82, 2.24) is 13.9 Å². The molecule has 8 heteroatoms. The lowest BCUT2D eigenvalue weighted by Gasteiger charge is -2.33. The fourth-order valence-electron chi connectivity index (χ4n) is 2.76. The number of halogens is 1. The molecule has 1 fully saturated rings. The second-order valence-corrected chi connectivity index (χ2v) is 8.41. The Balaban J connectivity index is 2.00. The Morgan fingerprint density at radius 2 is 1.96 bits per heavy atom. The largest absolute Gasteiger partial charge is 0.349 e. The van der Waals surface area contributed by atoms with Crippen LogP contribution in [0.1, 0.15) is 31.4 Å². The van der Waals surface area contributed by atoms with E-state index < -0.39 is 10.2 Å². The number of nitrogens with zero attached hydrogens (tertiary/aromatic N) is 2. The molecule has 6 nitrogen and oxygen atoms in total. The SMILES string of the molecule is C[C@H](NC(=O)[C@H]1CCCN(S(=O)(=O)N(C)C)C1)c1ccc(F)cc1. The molecule has 0 aliphatic carbocycles. The van der Waals surface area contributed by atoms with E-state index in [-0.39, 0.29) is 30.2 Å². The highest BCUT2D eigenvalue weighted by Crippen LogP contribution is 2.22. The summed E-state index contributed by atoms with van der Waals surface area (Å²) in [6, 6.07) is 5.70. The molecule has 0 saturated carbocycles. The standard InChI is InChI=1S/C16H24FN3O3S/c1-12(13-6-8-15(17)9-7-13)18-16(21)14-5-4-10-20(11-14)24(22,23)19(2)3/h6-9,12,14H,4-5,10-11H2,1-3H3,(H,18,21)/t12-,14-/m0/s1. The summed E-state index contributed by atoms with van der Waals surface area (Å²) in [5, 5.41) is 2.89. The van der Waals surface area contributed by atoms with Gasteiger partial charge in [0.15, 0.2) is 0 Å². The van der Waals surface area contributed by atoms with Crippen molar-refractivity contribution in [3.05, 3.63) is 35.6 Å². The summed E-state index contributed by atoms with van der Waals surface area (Å²) in [7, 11) is -0.543. The first-order valence-corrected chi connectivity index (χ1v) is 9.35.